The van der Waals surface area contributed by atoms with Gasteiger partial charge in [-0.1, -0.05) is 23.8 Å². The number of hydrogen-bond donors (Lipinski definition) is 2. The lowest BCUT2D eigenvalue weighted by Gasteiger charge is -2.12. The van der Waals surface area contributed by atoms with Gasteiger partial charge < -0.3 is 11.1 Å². The third-order valence-corrected chi connectivity index (χ3v) is 3.54. The largest absolute Gasteiger partial charge is 0.389 e. The van der Waals surface area contributed by atoms with E-state index in [0.717, 1.165) is 0 Å². The average Bonchev–Trinajstić information content (AvgIpc) is 2.36. The van der Waals surface area contributed by atoms with Crippen LogP contribution in [0.5, 0.6) is 0 Å². The van der Waals surface area contributed by atoms with Crippen LogP contribution in [0.25, 0.3) is 0 Å². The molecular weight excluding hydrogens is 351 g/mol. The minimum absolute atomic E-state index is 0.225. The summed E-state index contributed by atoms with van der Waals surface area (Å²) in [7, 11) is 0. The van der Waals surface area contributed by atoms with Crippen LogP contribution >= 0.6 is 39.7 Å². The quantitative estimate of drug-likeness (QED) is 0.785. The van der Waals surface area contributed by atoms with Crippen molar-refractivity contribution < 1.29 is 4.39 Å². The van der Waals surface area contributed by atoms with Gasteiger partial charge in [-0.25, -0.2) is 4.39 Å². The third-order valence-electron chi connectivity index (χ3n) is 2.45. The zero-order chi connectivity index (χ0) is 14.0. The van der Waals surface area contributed by atoms with Crippen molar-refractivity contribution in [3.63, 3.8) is 0 Å². The molecule has 2 nitrogen and oxygen atoms in total. The van der Waals surface area contributed by atoms with E-state index < -0.39 is 0 Å². The maximum atomic E-state index is 13.4. The summed E-state index contributed by atoms with van der Waals surface area (Å²) in [4.78, 5) is 0.225. The third kappa shape index (κ3) is 3.43. The molecule has 0 radical (unpaired) electrons. The molecule has 0 unspecified atom stereocenters. The van der Waals surface area contributed by atoms with Gasteiger partial charge in [0.1, 0.15) is 10.8 Å². The molecule has 0 fully saturated rings. The Morgan fingerprint density at radius 1 is 1.26 bits per heavy atom. The molecular formula is C13H9BrClFN2S. The fraction of sp³-hybridized carbons (Fsp3) is 0. The Morgan fingerprint density at radius 2 is 2.00 bits per heavy atom. The fourth-order valence-electron chi connectivity index (χ4n) is 1.56. The molecule has 0 atom stereocenters. The molecule has 0 aliphatic heterocycles. The van der Waals surface area contributed by atoms with Crippen LogP contribution in [0.3, 0.4) is 0 Å². The van der Waals surface area contributed by atoms with Crippen LogP contribution < -0.4 is 11.1 Å². The summed E-state index contributed by atoms with van der Waals surface area (Å²) < 4.78 is 13.9. The van der Waals surface area contributed by atoms with Crippen LogP contribution in [0, 0.1) is 5.82 Å². The first-order valence-electron chi connectivity index (χ1n) is 5.29. The first-order chi connectivity index (χ1) is 8.97. The van der Waals surface area contributed by atoms with Crippen LogP contribution in [0.15, 0.2) is 40.9 Å². The van der Waals surface area contributed by atoms with Crippen LogP contribution in [0.2, 0.25) is 5.02 Å². The molecule has 6 heteroatoms. The molecule has 0 bridgehead atoms. The molecule has 2 aromatic rings. The molecule has 98 valence electrons. The summed E-state index contributed by atoms with van der Waals surface area (Å²) in [5, 5.41) is 3.60. The minimum Gasteiger partial charge on any atom is -0.389 e. The van der Waals surface area contributed by atoms with E-state index in [-0.39, 0.29) is 10.8 Å². The van der Waals surface area contributed by atoms with Crippen LogP contribution in [0.1, 0.15) is 5.56 Å². The van der Waals surface area contributed by atoms with Crippen molar-refractivity contribution in [2.75, 3.05) is 5.32 Å². The van der Waals surface area contributed by atoms with E-state index in [1.54, 1.807) is 30.3 Å². The fourth-order valence-corrected chi connectivity index (χ4v) is 2.15. The molecule has 0 spiro atoms. The lowest BCUT2D eigenvalue weighted by Crippen LogP contribution is -2.12. The SMILES string of the molecule is NC(=S)c1cc(Cl)ccc1Nc1ccc(Br)c(F)c1. The van der Waals surface area contributed by atoms with E-state index in [2.05, 4.69) is 21.2 Å². The second kappa shape index (κ2) is 5.86. The van der Waals surface area contributed by atoms with Crippen LogP contribution in [-0.4, -0.2) is 4.99 Å². The number of anilines is 2. The Kier molecular flexibility index (Phi) is 4.39. The zero-order valence-electron chi connectivity index (χ0n) is 9.58. The summed E-state index contributed by atoms with van der Waals surface area (Å²) in [6.07, 6.45) is 0. The van der Waals surface area contributed by atoms with E-state index in [1.165, 1.54) is 6.07 Å². The van der Waals surface area contributed by atoms with Crippen molar-refractivity contribution in [1.82, 2.24) is 0 Å². The predicted octanol–water partition coefficient (Wildman–Crippen LogP) is 4.62. The Bertz CT molecular complexity index is 649. The van der Waals surface area contributed by atoms with Crippen molar-refractivity contribution in [2.45, 2.75) is 0 Å². The van der Waals surface area contributed by atoms with Crippen molar-refractivity contribution >= 4 is 56.1 Å². The Labute approximate surface area is 128 Å². The van der Waals surface area contributed by atoms with Gasteiger partial charge >= 0.3 is 0 Å². The summed E-state index contributed by atoms with van der Waals surface area (Å²) in [6, 6.07) is 9.86. The summed E-state index contributed by atoms with van der Waals surface area (Å²) in [6.45, 7) is 0. The first kappa shape index (κ1) is 14.2. The van der Waals surface area contributed by atoms with E-state index in [4.69, 9.17) is 29.6 Å². The number of halogens is 3. The van der Waals surface area contributed by atoms with E-state index >= 15 is 0 Å². The van der Waals surface area contributed by atoms with Gasteiger partial charge in [0.15, 0.2) is 0 Å². The topological polar surface area (TPSA) is 38.0 Å². The van der Waals surface area contributed by atoms with E-state index in [0.29, 0.717) is 26.4 Å². The molecule has 0 aliphatic carbocycles. The lowest BCUT2D eigenvalue weighted by molar-refractivity contribution is 0.622. The molecule has 0 saturated heterocycles. The molecule has 3 N–H and O–H groups in total. The minimum atomic E-state index is -0.351. The van der Waals surface area contributed by atoms with Crippen molar-refractivity contribution in [3.8, 4) is 0 Å². The maximum absolute atomic E-state index is 13.4. The van der Waals surface area contributed by atoms with Crippen molar-refractivity contribution in [2.24, 2.45) is 5.73 Å². The Hall–Kier alpha value is -1.17. The molecule has 2 rings (SSSR count). The number of nitrogens with one attached hydrogen (secondary N) is 1. The highest BCUT2D eigenvalue weighted by atomic mass is 79.9. The number of thiocarbonyl (C=S) groups is 1. The zero-order valence-corrected chi connectivity index (χ0v) is 12.7. The highest BCUT2D eigenvalue weighted by Gasteiger charge is 2.08. The second-order valence-corrected chi connectivity index (χ2v) is 5.54. The lowest BCUT2D eigenvalue weighted by atomic mass is 10.1. The highest BCUT2D eigenvalue weighted by Crippen LogP contribution is 2.26. The molecule has 0 heterocycles. The van der Waals surface area contributed by atoms with Crippen molar-refractivity contribution in [3.05, 3.63) is 57.3 Å². The van der Waals surface area contributed by atoms with Crippen LogP contribution in [0.4, 0.5) is 15.8 Å². The number of hydrogen-bond acceptors (Lipinski definition) is 2. The highest BCUT2D eigenvalue weighted by molar-refractivity contribution is 9.10. The van der Waals surface area contributed by atoms with Gasteiger partial charge in [-0.05, 0) is 52.3 Å². The predicted molar refractivity (Wildman–Crippen MR) is 84.7 cm³/mol. The normalized spacial score (nSPS) is 10.3. The molecule has 0 aromatic heterocycles. The van der Waals surface area contributed by atoms with Gasteiger partial charge in [-0.15, -0.1) is 0 Å². The molecule has 2 aromatic carbocycles. The first-order valence-corrected chi connectivity index (χ1v) is 6.87. The molecule has 19 heavy (non-hydrogen) atoms. The summed E-state index contributed by atoms with van der Waals surface area (Å²) in [5.41, 5.74) is 7.54. The monoisotopic (exact) mass is 358 g/mol. The van der Waals surface area contributed by atoms with E-state index in [9.17, 15) is 4.39 Å². The standard InChI is InChI=1S/C13H9BrClFN2S/c14-10-3-2-8(6-11(10)16)18-12-4-1-7(15)5-9(12)13(17)19/h1-6,18H,(H2,17,19). The summed E-state index contributed by atoms with van der Waals surface area (Å²) >= 11 is 14.0. The number of benzene rings is 2. The average molecular weight is 360 g/mol. The van der Waals surface area contributed by atoms with Gasteiger partial charge in [0.25, 0.3) is 0 Å². The van der Waals surface area contributed by atoms with Gasteiger partial charge in [-0.3, -0.25) is 0 Å². The Morgan fingerprint density at radius 3 is 2.63 bits per heavy atom. The molecule has 0 aliphatic rings. The van der Waals surface area contributed by atoms with Gasteiger partial charge in [0.2, 0.25) is 0 Å². The van der Waals surface area contributed by atoms with E-state index in [1.807, 2.05) is 0 Å². The van der Waals surface area contributed by atoms with Gasteiger partial charge in [0.05, 0.1) is 4.47 Å². The van der Waals surface area contributed by atoms with Gasteiger partial charge in [0, 0.05) is 22.0 Å². The van der Waals surface area contributed by atoms with Crippen molar-refractivity contribution in [1.29, 1.82) is 0 Å². The molecule has 0 saturated carbocycles. The maximum Gasteiger partial charge on any atom is 0.139 e. The van der Waals surface area contributed by atoms with Crippen LogP contribution in [-0.2, 0) is 0 Å². The Balaban J connectivity index is 2.37. The number of nitrogens with two attached hydrogens (primary N) is 1. The molecule has 0 amide bonds. The van der Waals surface area contributed by atoms with Gasteiger partial charge in [-0.2, -0.15) is 0 Å². The second-order valence-electron chi connectivity index (χ2n) is 3.81. The smallest absolute Gasteiger partial charge is 0.139 e. The number of rotatable bonds is 3. The summed E-state index contributed by atoms with van der Waals surface area (Å²) in [5.74, 6) is -0.351.